The van der Waals surface area contributed by atoms with Gasteiger partial charge >= 0.3 is 0 Å². The first-order chi connectivity index (χ1) is 15.2. The third kappa shape index (κ3) is 5.68. The maximum absolute atomic E-state index is 13.0. The number of amides is 1. The largest absolute Gasteiger partial charge is 0.496 e. The van der Waals surface area contributed by atoms with Gasteiger partial charge in [-0.3, -0.25) is 4.79 Å². The van der Waals surface area contributed by atoms with Gasteiger partial charge in [-0.15, -0.1) is 0 Å². The van der Waals surface area contributed by atoms with Crippen LogP contribution in [0.25, 0.3) is 0 Å². The van der Waals surface area contributed by atoms with Crippen LogP contribution in [0.2, 0.25) is 0 Å². The Balaban J connectivity index is 1.68. The number of methoxy groups -OCH3 is 1. The molecule has 174 valence electrons. The zero-order chi connectivity index (χ0) is 23.3. The van der Waals surface area contributed by atoms with Crippen LogP contribution in [0.1, 0.15) is 41.6 Å². The molecule has 1 amide bonds. The number of ether oxygens (including phenoxy) is 2. The predicted octanol–water partition coefficient (Wildman–Crippen LogP) is 3.14. The van der Waals surface area contributed by atoms with Crippen molar-refractivity contribution in [1.29, 1.82) is 0 Å². The third-order valence-electron chi connectivity index (χ3n) is 5.89. The predicted molar refractivity (Wildman–Crippen MR) is 123 cm³/mol. The van der Waals surface area contributed by atoms with E-state index in [-0.39, 0.29) is 23.3 Å². The van der Waals surface area contributed by atoms with Crippen molar-refractivity contribution in [2.75, 3.05) is 33.4 Å². The summed E-state index contributed by atoms with van der Waals surface area (Å²) in [6, 6.07) is 10.9. The number of morpholine rings is 1. The first-order valence-electron chi connectivity index (χ1n) is 10.8. The Morgan fingerprint density at radius 1 is 1.12 bits per heavy atom. The Morgan fingerprint density at radius 2 is 1.84 bits per heavy atom. The standard InChI is InChI=1S/C24H32N2O5S/c1-17-5-6-20(15-18(17)2)19(3)25-24(27)10-7-21-16-22(8-9-23(21)30-4)32(28,29)26-11-13-31-14-12-26/h5-6,8-9,15-16,19H,7,10-14H2,1-4H3,(H,25,27). The highest BCUT2D eigenvalue weighted by Gasteiger charge is 2.27. The van der Waals surface area contributed by atoms with Gasteiger partial charge in [0.15, 0.2) is 0 Å². The van der Waals surface area contributed by atoms with Crippen molar-refractivity contribution in [3.63, 3.8) is 0 Å². The maximum Gasteiger partial charge on any atom is 0.243 e. The molecule has 1 heterocycles. The van der Waals surface area contributed by atoms with E-state index in [9.17, 15) is 13.2 Å². The second-order valence-electron chi connectivity index (χ2n) is 8.12. The molecule has 0 spiro atoms. The van der Waals surface area contributed by atoms with Crippen LogP contribution in [0, 0.1) is 13.8 Å². The van der Waals surface area contributed by atoms with E-state index < -0.39 is 10.0 Å². The molecule has 2 aromatic carbocycles. The molecule has 0 aromatic heterocycles. The van der Waals surface area contributed by atoms with E-state index in [0.717, 1.165) is 5.56 Å². The molecule has 3 rings (SSSR count). The average molecular weight is 461 g/mol. The monoisotopic (exact) mass is 460 g/mol. The summed E-state index contributed by atoms with van der Waals surface area (Å²) in [6.45, 7) is 7.52. The lowest BCUT2D eigenvalue weighted by atomic mass is 10.0. The van der Waals surface area contributed by atoms with Gasteiger partial charge in [-0.2, -0.15) is 4.31 Å². The smallest absolute Gasteiger partial charge is 0.243 e. The van der Waals surface area contributed by atoms with Crippen LogP contribution in [0.4, 0.5) is 0 Å². The summed E-state index contributed by atoms with van der Waals surface area (Å²) in [6.07, 6.45) is 0.605. The number of hydrogen-bond acceptors (Lipinski definition) is 5. The number of benzene rings is 2. The van der Waals surface area contributed by atoms with Gasteiger partial charge < -0.3 is 14.8 Å². The van der Waals surface area contributed by atoms with E-state index in [4.69, 9.17) is 9.47 Å². The molecule has 1 atom stereocenters. The number of carbonyl (C=O) groups excluding carboxylic acids is 1. The molecule has 1 N–H and O–H groups in total. The summed E-state index contributed by atoms with van der Waals surface area (Å²) < 4.78 is 38.1. The second kappa shape index (κ2) is 10.5. The fourth-order valence-corrected chi connectivity index (χ4v) is 5.19. The first kappa shape index (κ1) is 24.2. The number of carbonyl (C=O) groups is 1. The highest BCUT2D eigenvalue weighted by molar-refractivity contribution is 7.89. The van der Waals surface area contributed by atoms with Crippen molar-refractivity contribution in [1.82, 2.24) is 9.62 Å². The van der Waals surface area contributed by atoms with Crippen LogP contribution in [-0.2, 0) is 26.0 Å². The highest BCUT2D eigenvalue weighted by Crippen LogP contribution is 2.26. The molecule has 1 aliphatic heterocycles. The van der Waals surface area contributed by atoms with Crippen LogP contribution < -0.4 is 10.1 Å². The Morgan fingerprint density at radius 3 is 2.50 bits per heavy atom. The molecule has 0 radical (unpaired) electrons. The van der Waals surface area contributed by atoms with E-state index >= 15 is 0 Å². The minimum Gasteiger partial charge on any atom is -0.496 e. The van der Waals surface area contributed by atoms with Gasteiger partial charge in [0, 0.05) is 19.5 Å². The number of sulfonamides is 1. The molecule has 2 aromatic rings. The zero-order valence-electron chi connectivity index (χ0n) is 19.2. The van der Waals surface area contributed by atoms with Crippen LogP contribution in [-0.4, -0.2) is 52.0 Å². The van der Waals surface area contributed by atoms with Crippen molar-refractivity contribution in [3.8, 4) is 5.75 Å². The lowest BCUT2D eigenvalue weighted by Crippen LogP contribution is -2.40. The number of nitrogens with one attached hydrogen (secondary N) is 1. The van der Waals surface area contributed by atoms with Crippen molar-refractivity contribution >= 4 is 15.9 Å². The quantitative estimate of drug-likeness (QED) is 0.654. The molecule has 8 heteroatoms. The SMILES string of the molecule is COc1ccc(S(=O)(=O)N2CCOCC2)cc1CCC(=O)NC(C)c1ccc(C)c(C)c1. The number of hydrogen-bond donors (Lipinski definition) is 1. The molecule has 32 heavy (non-hydrogen) atoms. The zero-order valence-corrected chi connectivity index (χ0v) is 20.0. The van der Waals surface area contributed by atoms with E-state index in [2.05, 4.69) is 31.3 Å². The van der Waals surface area contributed by atoms with Crippen LogP contribution in [0.3, 0.4) is 0 Å². The minimum atomic E-state index is -3.61. The van der Waals surface area contributed by atoms with Gasteiger partial charge in [0.2, 0.25) is 15.9 Å². The van der Waals surface area contributed by atoms with Gasteiger partial charge in [-0.05, 0) is 67.6 Å². The third-order valence-corrected chi connectivity index (χ3v) is 7.78. The van der Waals surface area contributed by atoms with Crippen molar-refractivity contribution in [3.05, 3.63) is 58.7 Å². The molecule has 7 nitrogen and oxygen atoms in total. The van der Waals surface area contributed by atoms with Gasteiger partial charge in [0.25, 0.3) is 0 Å². The Kier molecular flexibility index (Phi) is 7.92. The van der Waals surface area contributed by atoms with Crippen molar-refractivity contribution in [2.24, 2.45) is 0 Å². The van der Waals surface area contributed by atoms with Crippen molar-refractivity contribution in [2.45, 2.75) is 44.6 Å². The number of nitrogens with zero attached hydrogens (tertiary/aromatic N) is 1. The van der Waals surface area contributed by atoms with Gasteiger partial charge in [0.1, 0.15) is 5.75 Å². The van der Waals surface area contributed by atoms with Crippen LogP contribution in [0.15, 0.2) is 41.3 Å². The Labute approximate surface area is 190 Å². The van der Waals surface area contributed by atoms with Crippen LogP contribution in [0.5, 0.6) is 5.75 Å². The maximum atomic E-state index is 13.0. The highest BCUT2D eigenvalue weighted by atomic mass is 32.2. The molecule has 1 aliphatic rings. The second-order valence-corrected chi connectivity index (χ2v) is 10.1. The lowest BCUT2D eigenvalue weighted by Gasteiger charge is -2.26. The fourth-order valence-electron chi connectivity index (χ4n) is 3.73. The van der Waals surface area contributed by atoms with Gasteiger partial charge in [0.05, 0.1) is 31.3 Å². The van der Waals surface area contributed by atoms with Gasteiger partial charge in [-0.25, -0.2) is 8.42 Å². The Hall–Kier alpha value is -2.42. The first-order valence-corrected chi connectivity index (χ1v) is 12.3. The molecular weight excluding hydrogens is 428 g/mol. The summed E-state index contributed by atoms with van der Waals surface area (Å²) in [7, 11) is -2.07. The molecule has 0 saturated carbocycles. The summed E-state index contributed by atoms with van der Waals surface area (Å²) in [5.74, 6) is 0.472. The van der Waals surface area contributed by atoms with Crippen LogP contribution >= 0.6 is 0 Å². The topological polar surface area (TPSA) is 84.9 Å². The molecule has 0 bridgehead atoms. The number of aryl methyl sites for hydroxylation is 3. The lowest BCUT2D eigenvalue weighted by molar-refractivity contribution is -0.121. The normalized spacial score (nSPS) is 15.9. The summed E-state index contributed by atoms with van der Waals surface area (Å²) in [5.41, 5.74) is 4.14. The molecule has 0 aliphatic carbocycles. The Bertz CT molecular complexity index is 1060. The van der Waals surface area contributed by atoms with Gasteiger partial charge in [-0.1, -0.05) is 18.2 Å². The number of rotatable bonds is 8. The molecule has 1 unspecified atom stereocenters. The van der Waals surface area contributed by atoms with E-state index in [1.807, 2.05) is 13.0 Å². The average Bonchev–Trinajstić information content (AvgIpc) is 2.79. The molecular formula is C24H32N2O5S. The van der Waals surface area contributed by atoms with E-state index in [0.29, 0.717) is 44.0 Å². The minimum absolute atomic E-state index is 0.0979. The van der Waals surface area contributed by atoms with E-state index in [1.54, 1.807) is 18.2 Å². The summed E-state index contributed by atoms with van der Waals surface area (Å²) in [4.78, 5) is 12.8. The summed E-state index contributed by atoms with van der Waals surface area (Å²) >= 11 is 0. The van der Waals surface area contributed by atoms with Crippen molar-refractivity contribution < 1.29 is 22.7 Å². The molecule has 1 saturated heterocycles. The summed E-state index contributed by atoms with van der Waals surface area (Å²) in [5, 5.41) is 3.03. The van der Waals surface area contributed by atoms with E-state index in [1.165, 1.54) is 22.5 Å². The molecule has 1 fully saturated rings. The fraction of sp³-hybridized carbons (Fsp3) is 0.458.